The van der Waals surface area contributed by atoms with Gasteiger partial charge in [-0.15, -0.1) is 0 Å². The molecule has 2 aromatic carbocycles. The van der Waals surface area contributed by atoms with Gasteiger partial charge in [0, 0.05) is 10.7 Å². The van der Waals surface area contributed by atoms with Gasteiger partial charge in [-0.05, 0) is 42.8 Å². The molecule has 0 atom stereocenters. The van der Waals surface area contributed by atoms with Gasteiger partial charge in [-0.25, -0.2) is 8.42 Å². The van der Waals surface area contributed by atoms with E-state index in [1.165, 1.54) is 0 Å². The van der Waals surface area contributed by atoms with Crippen molar-refractivity contribution in [2.45, 2.75) is 11.8 Å². The molecule has 0 spiro atoms. The van der Waals surface area contributed by atoms with Crippen LogP contribution >= 0.6 is 11.6 Å². The van der Waals surface area contributed by atoms with E-state index in [-0.39, 0.29) is 4.90 Å². The van der Waals surface area contributed by atoms with Crippen molar-refractivity contribution in [1.82, 2.24) is 0 Å². The van der Waals surface area contributed by atoms with Crippen LogP contribution in [0.2, 0.25) is 5.02 Å². The van der Waals surface area contributed by atoms with E-state index in [1.54, 1.807) is 48.5 Å². The Hall–Kier alpha value is -1.52. The Labute approximate surface area is 111 Å². The van der Waals surface area contributed by atoms with Gasteiger partial charge in [0.25, 0.3) is 10.0 Å². The summed E-state index contributed by atoms with van der Waals surface area (Å²) in [5.41, 5.74) is 1.32. The molecule has 1 N–H and O–H groups in total. The number of anilines is 1. The highest BCUT2D eigenvalue weighted by atomic mass is 35.5. The molecular formula is C13H12ClNO2S. The van der Waals surface area contributed by atoms with E-state index in [1.807, 2.05) is 6.92 Å². The van der Waals surface area contributed by atoms with Crippen molar-refractivity contribution in [2.75, 3.05) is 4.72 Å². The molecule has 0 amide bonds. The summed E-state index contributed by atoms with van der Waals surface area (Å²) >= 11 is 5.89. The molecule has 0 saturated carbocycles. The number of nitrogens with one attached hydrogen (secondary N) is 1. The summed E-state index contributed by atoms with van der Waals surface area (Å²) < 4.78 is 26.6. The zero-order valence-electron chi connectivity index (χ0n) is 9.72. The number of hydrogen-bond acceptors (Lipinski definition) is 2. The van der Waals surface area contributed by atoms with E-state index >= 15 is 0 Å². The Morgan fingerprint density at radius 3 is 2.33 bits per heavy atom. The number of benzene rings is 2. The molecule has 0 unspecified atom stereocenters. The summed E-state index contributed by atoms with van der Waals surface area (Å²) in [7, 11) is -3.54. The molecule has 3 nitrogen and oxygen atoms in total. The molecule has 0 bridgehead atoms. The maximum Gasteiger partial charge on any atom is 0.261 e. The van der Waals surface area contributed by atoms with E-state index in [9.17, 15) is 8.42 Å². The van der Waals surface area contributed by atoms with Gasteiger partial charge in [0.1, 0.15) is 0 Å². The van der Waals surface area contributed by atoms with Crippen molar-refractivity contribution in [1.29, 1.82) is 0 Å². The number of hydrogen-bond donors (Lipinski definition) is 1. The van der Waals surface area contributed by atoms with E-state index in [0.29, 0.717) is 10.7 Å². The topological polar surface area (TPSA) is 46.2 Å². The molecule has 0 aliphatic heterocycles. The lowest BCUT2D eigenvalue weighted by atomic mass is 10.2. The van der Waals surface area contributed by atoms with Crippen LogP contribution in [0.4, 0.5) is 5.69 Å². The van der Waals surface area contributed by atoms with Crippen LogP contribution in [0.1, 0.15) is 5.56 Å². The minimum atomic E-state index is -3.54. The van der Waals surface area contributed by atoms with Crippen LogP contribution in [-0.4, -0.2) is 8.42 Å². The highest BCUT2D eigenvalue weighted by Crippen LogP contribution is 2.21. The summed E-state index contributed by atoms with van der Waals surface area (Å²) in [6, 6.07) is 13.2. The first-order chi connectivity index (χ1) is 8.49. The molecule has 0 heterocycles. The van der Waals surface area contributed by atoms with E-state index in [2.05, 4.69) is 4.72 Å². The Bertz CT molecular complexity index is 654. The van der Waals surface area contributed by atoms with Gasteiger partial charge >= 0.3 is 0 Å². The van der Waals surface area contributed by atoms with Crippen molar-refractivity contribution in [3.63, 3.8) is 0 Å². The first-order valence-corrected chi connectivity index (χ1v) is 7.19. The molecule has 0 aliphatic carbocycles. The van der Waals surface area contributed by atoms with Crippen LogP contribution in [0.25, 0.3) is 0 Å². The lowest BCUT2D eigenvalue weighted by Crippen LogP contribution is -2.12. The minimum Gasteiger partial charge on any atom is -0.280 e. The monoisotopic (exact) mass is 281 g/mol. The quantitative estimate of drug-likeness (QED) is 0.937. The zero-order valence-corrected chi connectivity index (χ0v) is 11.3. The number of sulfonamides is 1. The third kappa shape index (κ3) is 2.83. The van der Waals surface area contributed by atoms with Gasteiger partial charge < -0.3 is 0 Å². The van der Waals surface area contributed by atoms with Crippen molar-refractivity contribution in [3.05, 3.63) is 59.1 Å². The molecule has 2 rings (SSSR count). The first kappa shape index (κ1) is 12.9. The first-order valence-electron chi connectivity index (χ1n) is 5.33. The number of halogens is 1. The Kier molecular flexibility index (Phi) is 3.59. The van der Waals surface area contributed by atoms with Crippen LogP contribution in [0, 0.1) is 6.92 Å². The van der Waals surface area contributed by atoms with Crippen molar-refractivity contribution in [2.24, 2.45) is 0 Å². The summed E-state index contributed by atoms with van der Waals surface area (Å²) in [4.78, 5) is 0.234. The number of aryl methyl sites for hydroxylation is 1. The van der Waals surface area contributed by atoms with E-state index in [4.69, 9.17) is 11.6 Å². The fourth-order valence-corrected chi connectivity index (χ4v) is 2.71. The second-order valence-corrected chi connectivity index (χ2v) is 5.97. The third-order valence-electron chi connectivity index (χ3n) is 2.46. The van der Waals surface area contributed by atoms with Crippen molar-refractivity contribution >= 4 is 27.3 Å². The van der Waals surface area contributed by atoms with Gasteiger partial charge in [0.05, 0.1) is 4.90 Å². The normalized spacial score (nSPS) is 11.2. The smallest absolute Gasteiger partial charge is 0.261 e. The Morgan fingerprint density at radius 2 is 1.72 bits per heavy atom. The molecule has 18 heavy (non-hydrogen) atoms. The van der Waals surface area contributed by atoms with Crippen LogP contribution in [0.15, 0.2) is 53.4 Å². The van der Waals surface area contributed by atoms with Crippen molar-refractivity contribution < 1.29 is 8.42 Å². The highest BCUT2D eigenvalue weighted by molar-refractivity contribution is 7.92. The third-order valence-corrected chi connectivity index (χ3v) is 4.28. The molecule has 0 aromatic heterocycles. The summed E-state index contributed by atoms with van der Waals surface area (Å²) in [5, 5.41) is 0.609. The summed E-state index contributed by atoms with van der Waals surface area (Å²) in [6.07, 6.45) is 0. The predicted octanol–water partition coefficient (Wildman–Crippen LogP) is 3.45. The lowest BCUT2D eigenvalue weighted by Gasteiger charge is -2.09. The summed E-state index contributed by atoms with van der Waals surface area (Å²) in [6.45, 7) is 1.82. The lowest BCUT2D eigenvalue weighted by molar-refractivity contribution is 0.601. The fourth-order valence-electron chi connectivity index (χ4n) is 1.52. The van der Waals surface area contributed by atoms with Crippen LogP contribution in [0.5, 0.6) is 0 Å². The van der Waals surface area contributed by atoms with Crippen LogP contribution < -0.4 is 4.72 Å². The van der Waals surface area contributed by atoms with Crippen LogP contribution in [0.3, 0.4) is 0 Å². The second-order valence-electron chi connectivity index (χ2n) is 3.88. The average Bonchev–Trinajstić information content (AvgIpc) is 2.35. The molecule has 2 aromatic rings. The maximum absolute atomic E-state index is 12.1. The molecular weight excluding hydrogens is 270 g/mol. The second kappa shape index (κ2) is 5.00. The van der Waals surface area contributed by atoms with Gasteiger partial charge in [0.2, 0.25) is 0 Å². The average molecular weight is 282 g/mol. The van der Waals surface area contributed by atoms with Gasteiger partial charge in [0.15, 0.2) is 0 Å². The highest BCUT2D eigenvalue weighted by Gasteiger charge is 2.13. The Balaban J connectivity index is 2.31. The van der Waals surface area contributed by atoms with Gasteiger partial charge in [-0.1, -0.05) is 29.8 Å². The molecule has 0 fully saturated rings. The van der Waals surface area contributed by atoms with Gasteiger partial charge in [-0.2, -0.15) is 0 Å². The standard InChI is InChI=1S/C13H12ClNO2S/c1-10-9-11(7-8-13(10)14)15-18(16,17)12-5-3-2-4-6-12/h2-9,15H,1H3. The predicted molar refractivity (Wildman–Crippen MR) is 73.4 cm³/mol. The molecule has 94 valence electrons. The van der Waals surface area contributed by atoms with Crippen LogP contribution in [-0.2, 0) is 10.0 Å². The summed E-state index contributed by atoms with van der Waals surface area (Å²) in [5.74, 6) is 0. The minimum absolute atomic E-state index is 0.234. The van der Waals surface area contributed by atoms with Crippen molar-refractivity contribution in [3.8, 4) is 0 Å². The fraction of sp³-hybridized carbons (Fsp3) is 0.0769. The Morgan fingerprint density at radius 1 is 1.06 bits per heavy atom. The molecule has 0 saturated heterocycles. The maximum atomic E-state index is 12.1. The number of rotatable bonds is 3. The van der Waals surface area contributed by atoms with E-state index in [0.717, 1.165) is 5.56 Å². The zero-order chi connectivity index (χ0) is 13.2. The molecule has 0 aliphatic rings. The molecule has 5 heteroatoms. The molecule has 0 radical (unpaired) electrons. The van der Waals surface area contributed by atoms with Gasteiger partial charge in [-0.3, -0.25) is 4.72 Å². The largest absolute Gasteiger partial charge is 0.280 e. The SMILES string of the molecule is Cc1cc(NS(=O)(=O)c2ccccc2)ccc1Cl. The van der Waals surface area contributed by atoms with E-state index < -0.39 is 10.0 Å².